The van der Waals surface area contributed by atoms with Crippen LogP contribution in [0.5, 0.6) is 0 Å². The second-order valence-electron chi connectivity index (χ2n) is 9.99. The van der Waals surface area contributed by atoms with Crippen molar-refractivity contribution in [2.45, 2.75) is 85.1 Å². The van der Waals surface area contributed by atoms with Gasteiger partial charge in [-0.3, -0.25) is 9.59 Å². The van der Waals surface area contributed by atoms with Crippen LogP contribution in [0.15, 0.2) is 35.6 Å². The Hall–Kier alpha value is -2.14. The Balaban J connectivity index is 2.20. The van der Waals surface area contributed by atoms with E-state index in [4.69, 9.17) is 0 Å². The topological polar surface area (TPSA) is 60.9 Å². The molecule has 1 heterocycles. The molecule has 1 aliphatic rings. The summed E-state index contributed by atoms with van der Waals surface area (Å²) in [5.41, 5.74) is 2.30. The molecule has 1 N–H and O–H groups in total. The zero-order valence-corrected chi connectivity index (χ0v) is 20.9. The van der Waals surface area contributed by atoms with Gasteiger partial charge in [-0.1, -0.05) is 71.7 Å². The van der Waals surface area contributed by atoms with Crippen LogP contribution in [0.2, 0.25) is 0 Å². The van der Waals surface area contributed by atoms with Crippen molar-refractivity contribution < 1.29 is 14.7 Å². The van der Waals surface area contributed by atoms with E-state index in [1.165, 1.54) is 38.2 Å². The van der Waals surface area contributed by atoms with Gasteiger partial charge in [0.25, 0.3) is 5.91 Å². The van der Waals surface area contributed by atoms with E-state index >= 15 is 0 Å². The molecule has 2 rings (SSSR count). The molecule has 32 heavy (non-hydrogen) atoms. The third-order valence-electron chi connectivity index (χ3n) is 6.30. The Bertz CT molecular complexity index is 797. The summed E-state index contributed by atoms with van der Waals surface area (Å²) in [7, 11) is 0. The van der Waals surface area contributed by atoms with Gasteiger partial charge in [0.2, 0.25) is 0 Å². The third kappa shape index (κ3) is 6.44. The van der Waals surface area contributed by atoms with Gasteiger partial charge in [-0.2, -0.15) is 0 Å². The van der Waals surface area contributed by atoms with Gasteiger partial charge < -0.3 is 14.9 Å². The SMILES string of the molecule is CCCCN(CCCC)CCCN1C(=O)C(O)=C(C(C)=O)[C@H]1c1ccc(C(C)(C)C)cc1. The maximum Gasteiger partial charge on any atom is 0.290 e. The van der Waals surface area contributed by atoms with Gasteiger partial charge in [0.1, 0.15) is 0 Å². The average Bonchev–Trinajstić information content (AvgIpc) is 2.99. The third-order valence-corrected chi connectivity index (χ3v) is 6.30. The molecule has 5 heteroatoms. The van der Waals surface area contributed by atoms with Crippen molar-refractivity contribution in [3.63, 3.8) is 0 Å². The Morgan fingerprint density at radius 2 is 1.53 bits per heavy atom. The molecule has 0 fully saturated rings. The zero-order valence-electron chi connectivity index (χ0n) is 20.9. The molecule has 0 bridgehead atoms. The molecular formula is C27H42N2O3. The van der Waals surface area contributed by atoms with Gasteiger partial charge >= 0.3 is 0 Å². The van der Waals surface area contributed by atoms with E-state index in [2.05, 4.69) is 51.7 Å². The molecule has 1 atom stereocenters. The van der Waals surface area contributed by atoms with E-state index in [-0.39, 0.29) is 16.8 Å². The maximum absolute atomic E-state index is 12.9. The largest absolute Gasteiger partial charge is 0.503 e. The minimum atomic E-state index is -0.520. The molecule has 1 aromatic rings. The fourth-order valence-corrected chi connectivity index (χ4v) is 4.32. The number of rotatable bonds is 12. The summed E-state index contributed by atoms with van der Waals surface area (Å²) in [5, 5.41) is 10.5. The van der Waals surface area contributed by atoms with Crippen molar-refractivity contribution in [1.82, 2.24) is 9.80 Å². The minimum Gasteiger partial charge on any atom is -0.503 e. The van der Waals surface area contributed by atoms with E-state index in [9.17, 15) is 14.7 Å². The lowest BCUT2D eigenvalue weighted by molar-refractivity contribution is -0.129. The molecule has 1 aromatic carbocycles. The van der Waals surface area contributed by atoms with Gasteiger partial charge in [-0.15, -0.1) is 0 Å². The molecule has 178 valence electrons. The molecule has 0 saturated carbocycles. The van der Waals surface area contributed by atoms with Crippen LogP contribution >= 0.6 is 0 Å². The van der Waals surface area contributed by atoms with Crippen LogP contribution in [0, 0.1) is 0 Å². The number of nitrogens with zero attached hydrogens (tertiary/aromatic N) is 2. The average molecular weight is 443 g/mol. The van der Waals surface area contributed by atoms with Gasteiger partial charge in [0, 0.05) is 6.54 Å². The first-order valence-corrected chi connectivity index (χ1v) is 12.2. The lowest BCUT2D eigenvalue weighted by Crippen LogP contribution is -2.35. The normalized spacial score (nSPS) is 17.0. The minimum absolute atomic E-state index is 0.0194. The summed E-state index contributed by atoms with van der Waals surface area (Å²) in [6, 6.07) is 7.57. The number of hydrogen-bond acceptors (Lipinski definition) is 4. The molecule has 1 aliphatic heterocycles. The van der Waals surface area contributed by atoms with Crippen molar-refractivity contribution in [1.29, 1.82) is 0 Å². The number of carbonyl (C=O) groups is 2. The molecule has 0 spiro atoms. The van der Waals surface area contributed by atoms with Gasteiger partial charge in [-0.25, -0.2) is 0 Å². The number of aliphatic hydroxyl groups excluding tert-OH is 1. The first kappa shape index (κ1) is 26.1. The lowest BCUT2D eigenvalue weighted by Gasteiger charge is -2.29. The summed E-state index contributed by atoms with van der Waals surface area (Å²) in [6.07, 6.45) is 5.49. The maximum atomic E-state index is 12.9. The second kappa shape index (κ2) is 11.6. The van der Waals surface area contributed by atoms with Crippen molar-refractivity contribution in [2.24, 2.45) is 0 Å². The highest BCUT2D eigenvalue weighted by molar-refractivity contribution is 6.08. The fraction of sp³-hybridized carbons (Fsp3) is 0.630. The molecule has 0 saturated heterocycles. The quantitative estimate of drug-likeness (QED) is 0.460. The van der Waals surface area contributed by atoms with Crippen LogP contribution in [0.25, 0.3) is 0 Å². The van der Waals surface area contributed by atoms with Crippen LogP contribution in [0.4, 0.5) is 0 Å². The predicted octanol–water partition coefficient (Wildman–Crippen LogP) is 5.56. The number of aliphatic hydroxyl groups is 1. The predicted molar refractivity (Wildman–Crippen MR) is 131 cm³/mol. The Morgan fingerprint density at radius 3 is 2.00 bits per heavy atom. The van der Waals surface area contributed by atoms with Crippen LogP contribution in [-0.4, -0.2) is 52.8 Å². The standard InChI is InChI=1S/C27H42N2O3/c1-7-9-16-28(17-10-8-2)18-11-19-29-24(23(20(3)30)25(31)26(29)32)21-12-14-22(15-13-21)27(4,5)6/h12-15,24,31H,7-11,16-19H2,1-6H3/t24-/m1/s1. The highest BCUT2D eigenvalue weighted by atomic mass is 16.3. The zero-order chi connectivity index (χ0) is 23.9. The number of benzene rings is 1. The van der Waals surface area contributed by atoms with Crippen molar-refractivity contribution in [3.05, 3.63) is 46.7 Å². The molecular weight excluding hydrogens is 400 g/mol. The highest BCUT2D eigenvalue weighted by Crippen LogP contribution is 2.38. The number of ketones is 1. The number of unbranched alkanes of at least 4 members (excludes halogenated alkanes) is 2. The lowest BCUT2D eigenvalue weighted by atomic mass is 9.85. The molecule has 0 aromatic heterocycles. The summed E-state index contributed by atoms with van der Waals surface area (Å²) < 4.78 is 0. The summed E-state index contributed by atoms with van der Waals surface area (Å²) in [4.78, 5) is 29.4. The Labute approximate surface area is 194 Å². The Kier molecular flexibility index (Phi) is 9.50. The van der Waals surface area contributed by atoms with E-state index in [0.717, 1.165) is 31.6 Å². The molecule has 5 nitrogen and oxygen atoms in total. The second-order valence-corrected chi connectivity index (χ2v) is 9.99. The van der Waals surface area contributed by atoms with E-state index in [1.54, 1.807) is 4.90 Å². The van der Waals surface area contributed by atoms with E-state index < -0.39 is 17.7 Å². The molecule has 0 radical (unpaired) electrons. The highest BCUT2D eigenvalue weighted by Gasteiger charge is 2.42. The molecule has 1 amide bonds. The van der Waals surface area contributed by atoms with Crippen LogP contribution in [0.3, 0.4) is 0 Å². The first-order chi connectivity index (χ1) is 15.1. The number of carbonyl (C=O) groups excluding carboxylic acids is 2. The van der Waals surface area contributed by atoms with Gasteiger partial charge in [0.05, 0.1) is 11.6 Å². The van der Waals surface area contributed by atoms with Gasteiger partial charge in [0.15, 0.2) is 11.5 Å². The van der Waals surface area contributed by atoms with Crippen LogP contribution in [0.1, 0.15) is 90.8 Å². The van der Waals surface area contributed by atoms with Crippen LogP contribution < -0.4 is 0 Å². The fourth-order valence-electron chi connectivity index (χ4n) is 4.32. The first-order valence-electron chi connectivity index (χ1n) is 12.2. The number of amides is 1. The molecule has 0 unspecified atom stereocenters. The molecule has 0 aliphatic carbocycles. The van der Waals surface area contributed by atoms with Gasteiger partial charge in [-0.05, 0) is 62.4 Å². The van der Waals surface area contributed by atoms with Crippen molar-refractivity contribution in [3.8, 4) is 0 Å². The van der Waals surface area contributed by atoms with E-state index in [1.807, 2.05) is 12.1 Å². The summed E-state index contributed by atoms with van der Waals surface area (Å²) in [5.74, 6) is -1.08. The summed E-state index contributed by atoms with van der Waals surface area (Å²) >= 11 is 0. The smallest absolute Gasteiger partial charge is 0.290 e. The van der Waals surface area contributed by atoms with Crippen molar-refractivity contribution >= 4 is 11.7 Å². The monoisotopic (exact) mass is 442 g/mol. The number of Topliss-reactive ketones (excluding diaryl/α,β-unsaturated/α-hetero) is 1. The van der Waals surface area contributed by atoms with Crippen molar-refractivity contribution in [2.75, 3.05) is 26.2 Å². The number of hydrogen-bond donors (Lipinski definition) is 1. The van der Waals surface area contributed by atoms with Crippen LogP contribution in [-0.2, 0) is 15.0 Å². The van der Waals surface area contributed by atoms with E-state index in [0.29, 0.717) is 6.54 Å². The Morgan fingerprint density at radius 1 is 1.00 bits per heavy atom. The summed E-state index contributed by atoms with van der Waals surface area (Å²) in [6.45, 7) is 15.9.